The topological polar surface area (TPSA) is 39.4 Å². The first kappa shape index (κ1) is 13.7. The standard InChI is InChI=1S/C15H16O3S/c1-11-14(7-8-18-11)19-10-13-6-4-3-5-12(13)9-15(16)17-2/h3-8H,9-10H2,1-2H3. The Bertz CT molecular complexity index is 560. The second-order valence-corrected chi connectivity index (χ2v) is 5.17. The molecule has 4 heteroatoms. The molecule has 2 rings (SSSR count). The zero-order valence-electron chi connectivity index (χ0n) is 11.0. The smallest absolute Gasteiger partial charge is 0.309 e. The molecule has 0 saturated heterocycles. The average molecular weight is 276 g/mol. The maximum Gasteiger partial charge on any atom is 0.309 e. The first-order valence-corrected chi connectivity index (χ1v) is 6.99. The maximum absolute atomic E-state index is 11.4. The summed E-state index contributed by atoms with van der Waals surface area (Å²) < 4.78 is 9.99. The Kier molecular flexibility index (Phi) is 4.68. The molecule has 0 N–H and O–H groups in total. The van der Waals surface area contributed by atoms with Gasteiger partial charge in [0.25, 0.3) is 0 Å². The average Bonchev–Trinajstić information content (AvgIpc) is 2.83. The predicted molar refractivity (Wildman–Crippen MR) is 75.2 cm³/mol. The fourth-order valence-corrected chi connectivity index (χ4v) is 2.77. The van der Waals surface area contributed by atoms with Crippen molar-refractivity contribution in [3.8, 4) is 0 Å². The van der Waals surface area contributed by atoms with E-state index in [0.29, 0.717) is 6.42 Å². The van der Waals surface area contributed by atoms with Gasteiger partial charge in [0.15, 0.2) is 0 Å². The predicted octanol–water partition coefficient (Wildman–Crippen LogP) is 3.60. The summed E-state index contributed by atoms with van der Waals surface area (Å²) in [7, 11) is 1.41. The van der Waals surface area contributed by atoms with Gasteiger partial charge >= 0.3 is 5.97 Å². The number of hydrogen-bond donors (Lipinski definition) is 0. The minimum absolute atomic E-state index is 0.211. The van der Waals surface area contributed by atoms with Crippen LogP contribution in [0.3, 0.4) is 0 Å². The Morgan fingerprint density at radius 3 is 2.63 bits per heavy atom. The molecular weight excluding hydrogens is 260 g/mol. The fourth-order valence-electron chi connectivity index (χ4n) is 1.78. The summed E-state index contributed by atoms with van der Waals surface area (Å²) in [4.78, 5) is 12.5. The van der Waals surface area contributed by atoms with E-state index >= 15 is 0 Å². The van der Waals surface area contributed by atoms with Crippen LogP contribution in [0.1, 0.15) is 16.9 Å². The molecule has 19 heavy (non-hydrogen) atoms. The highest BCUT2D eigenvalue weighted by Crippen LogP contribution is 2.28. The minimum Gasteiger partial charge on any atom is -0.469 e. The summed E-state index contributed by atoms with van der Waals surface area (Å²) in [5, 5.41) is 0. The third kappa shape index (κ3) is 3.64. The van der Waals surface area contributed by atoms with Crippen LogP contribution in [0.2, 0.25) is 0 Å². The van der Waals surface area contributed by atoms with Crippen LogP contribution in [-0.2, 0) is 21.7 Å². The van der Waals surface area contributed by atoms with Gasteiger partial charge in [-0.3, -0.25) is 4.79 Å². The molecule has 3 nitrogen and oxygen atoms in total. The van der Waals surface area contributed by atoms with Crippen LogP contribution in [0.25, 0.3) is 0 Å². The molecule has 1 heterocycles. The highest BCUT2D eigenvalue weighted by molar-refractivity contribution is 7.98. The molecule has 0 bridgehead atoms. The summed E-state index contributed by atoms with van der Waals surface area (Å²) in [5.74, 6) is 1.53. The number of hydrogen-bond acceptors (Lipinski definition) is 4. The number of methoxy groups -OCH3 is 1. The molecule has 1 aromatic heterocycles. The molecule has 0 aliphatic rings. The third-order valence-corrected chi connectivity index (χ3v) is 4.07. The quantitative estimate of drug-likeness (QED) is 0.618. The lowest BCUT2D eigenvalue weighted by Crippen LogP contribution is -2.06. The number of furan rings is 1. The van der Waals surface area contributed by atoms with E-state index in [2.05, 4.69) is 0 Å². The molecule has 0 unspecified atom stereocenters. The summed E-state index contributed by atoms with van der Waals surface area (Å²) in [6, 6.07) is 9.90. The Balaban J connectivity index is 2.07. The number of aryl methyl sites for hydroxylation is 1. The minimum atomic E-state index is -0.211. The van der Waals surface area contributed by atoms with E-state index < -0.39 is 0 Å². The van der Waals surface area contributed by atoms with Crippen molar-refractivity contribution in [1.82, 2.24) is 0 Å². The van der Waals surface area contributed by atoms with Gasteiger partial charge in [-0.25, -0.2) is 0 Å². The molecule has 100 valence electrons. The van der Waals surface area contributed by atoms with Crippen molar-refractivity contribution in [2.75, 3.05) is 7.11 Å². The molecule has 2 aromatic rings. The lowest BCUT2D eigenvalue weighted by atomic mass is 10.1. The van der Waals surface area contributed by atoms with E-state index in [1.165, 1.54) is 7.11 Å². The highest BCUT2D eigenvalue weighted by atomic mass is 32.2. The number of esters is 1. The van der Waals surface area contributed by atoms with Gasteiger partial charge < -0.3 is 9.15 Å². The molecule has 0 fully saturated rings. The highest BCUT2D eigenvalue weighted by Gasteiger charge is 2.09. The Hall–Kier alpha value is -1.68. The van der Waals surface area contributed by atoms with Crippen LogP contribution >= 0.6 is 11.8 Å². The summed E-state index contributed by atoms with van der Waals surface area (Å²) >= 11 is 1.71. The van der Waals surface area contributed by atoms with Crippen LogP contribution in [-0.4, -0.2) is 13.1 Å². The van der Waals surface area contributed by atoms with Crippen LogP contribution in [0.5, 0.6) is 0 Å². The normalized spacial score (nSPS) is 10.4. The molecule has 0 aliphatic carbocycles. The lowest BCUT2D eigenvalue weighted by Gasteiger charge is -2.08. The lowest BCUT2D eigenvalue weighted by molar-refractivity contribution is -0.139. The fraction of sp³-hybridized carbons (Fsp3) is 0.267. The van der Waals surface area contributed by atoms with E-state index in [0.717, 1.165) is 27.5 Å². The van der Waals surface area contributed by atoms with Crippen LogP contribution in [0, 0.1) is 6.92 Å². The zero-order chi connectivity index (χ0) is 13.7. The number of thioether (sulfide) groups is 1. The Morgan fingerprint density at radius 2 is 2.00 bits per heavy atom. The van der Waals surface area contributed by atoms with Crippen LogP contribution in [0.4, 0.5) is 0 Å². The third-order valence-electron chi connectivity index (χ3n) is 2.88. The van der Waals surface area contributed by atoms with Gasteiger partial charge in [-0.1, -0.05) is 24.3 Å². The van der Waals surface area contributed by atoms with Gasteiger partial charge in [-0.15, -0.1) is 11.8 Å². The van der Waals surface area contributed by atoms with E-state index in [4.69, 9.17) is 9.15 Å². The molecular formula is C15H16O3S. The van der Waals surface area contributed by atoms with Crippen LogP contribution < -0.4 is 0 Å². The molecule has 0 aliphatic heterocycles. The number of benzene rings is 1. The summed E-state index contributed by atoms with van der Waals surface area (Å²) in [5.41, 5.74) is 2.17. The molecule has 0 atom stereocenters. The van der Waals surface area contributed by atoms with Crippen molar-refractivity contribution < 1.29 is 13.9 Å². The van der Waals surface area contributed by atoms with E-state index in [1.807, 2.05) is 37.3 Å². The van der Waals surface area contributed by atoms with Crippen LogP contribution in [0.15, 0.2) is 45.9 Å². The zero-order valence-corrected chi connectivity index (χ0v) is 11.8. The maximum atomic E-state index is 11.4. The van der Waals surface area contributed by atoms with E-state index in [1.54, 1.807) is 18.0 Å². The van der Waals surface area contributed by atoms with Crippen molar-refractivity contribution in [1.29, 1.82) is 0 Å². The van der Waals surface area contributed by atoms with Gasteiger partial charge in [0.2, 0.25) is 0 Å². The van der Waals surface area contributed by atoms with Gasteiger partial charge in [0.1, 0.15) is 5.76 Å². The van der Waals surface area contributed by atoms with Crippen molar-refractivity contribution in [3.63, 3.8) is 0 Å². The first-order valence-electron chi connectivity index (χ1n) is 6.01. The second kappa shape index (κ2) is 6.48. The molecule has 0 radical (unpaired) electrons. The Labute approximate surface area is 117 Å². The molecule has 0 saturated carbocycles. The molecule has 1 aromatic carbocycles. The van der Waals surface area contributed by atoms with Crippen molar-refractivity contribution in [2.45, 2.75) is 24.0 Å². The molecule has 0 spiro atoms. The SMILES string of the molecule is COC(=O)Cc1ccccc1CSc1ccoc1C. The van der Waals surface area contributed by atoms with Gasteiger partial charge in [-0.05, 0) is 24.1 Å². The van der Waals surface area contributed by atoms with Crippen molar-refractivity contribution in [3.05, 3.63) is 53.5 Å². The second-order valence-electron chi connectivity index (χ2n) is 4.15. The van der Waals surface area contributed by atoms with Gasteiger partial charge in [0.05, 0.1) is 19.8 Å². The first-order chi connectivity index (χ1) is 9.20. The number of ether oxygens (including phenoxy) is 1. The van der Waals surface area contributed by atoms with Crippen molar-refractivity contribution >= 4 is 17.7 Å². The van der Waals surface area contributed by atoms with Gasteiger partial charge in [-0.2, -0.15) is 0 Å². The van der Waals surface area contributed by atoms with Crippen molar-refractivity contribution in [2.24, 2.45) is 0 Å². The summed E-state index contributed by atoms with van der Waals surface area (Å²) in [6.45, 7) is 1.95. The monoisotopic (exact) mass is 276 g/mol. The summed E-state index contributed by atoms with van der Waals surface area (Å²) in [6.07, 6.45) is 2.01. The largest absolute Gasteiger partial charge is 0.469 e. The number of rotatable bonds is 5. The van der Waals surface area contributed by atoms with Gasteiger partial charge in [0, 0.05) is 10.6 Å². The van der Waals surface area contributed by atoms with E-state index in [9.17, 15) is 4.79 Å². The molecule has 0 amide bonds. The number of carbonyl (C=O) groups is 1. The van der Waals surface area contributed by atoms with E-state index in [-0.39, 0.29) is 5.97 Å². The Morgan fingerprint density at radius 1 is 1.26 bits per heavy atom. The number of carbonyl (C=O) groups excluding carboxylic acids is 1.